The van der Waals surface area contributed by atoms with Gasteiger partial charge in [0, 0.05) is 13.1 Å². The number of likely N-dealkylation sites (N-methyl/N-ethyl adjacent to an activating group) is 1. The van der Waals surface area contributed by atoms with Gasteiger partial charge in [-0.15, -0.1) is 0 Å². The summed E-state index contributed by atoms with van der Waals surface area (Å²) in [6.45, 7) is 10.8. The number of piperidine rings is 1. The number of esters is 1. The second-order valence-electron chi connectivity index (χ2n) is 5.47. The summed E-state index contributed by atoms with van der Waals surface area (Å²) in [7, 11) is 1.46. The molecule has 1 N–H and O–H groups in total. The van der Waals surface area contributed by atoms with Gasteiger partial charge in [-0.25, -0.2) is 0 Å². The van der Waals surface area contributed by atoms with Gasteiger partial charge in [0.05, 0.1) is 7.11 Å². The van der Waals surface area contributed by atoms with Gasteiger partial charge in [0.25, 0.3) is 0 Å². The Hall–Kier alpha value is -0.610. The lowest BCUT2D eigenvalue weighted by Crippen LogP contribution is -2.43. The topological polar surface area (TPSA) is 41.6 Å². The van der Waals surface area contributed by atoms with Gasteiger partial charge in [0.2, 0.25) is 0 Å². The van der Waals surface area contributed by atoms with E-state index in [0.717, 1.165) is 44.4 Å². The SMILES string of the molecule is CCNC(CCN1CCC(C)C(C)C1)C(=O)OC. The van der Waals surface area contributed by atoms with Crippen LogP contribution < -0.4 is 5.32 Å². The predicted molar refractivity (Wildman–Crippen MR) is 73.5 cm³/mol. The second-order valence-corrected chi connectivity index (χ2v) is 5.47. The first-order valence-electron chi connectivity index (χ1n) is 7.12. The molecule has 4 heteroatoms. The van der Waals surface area contributed by atoms with Crippen LogP contribution >= 0.6 is 0 Å². The molecule has 18 heavy (non-hydrogen) atoms. The standard InChI is InChI=1S/C14H28N2O2/c1-5-15-13(14(17)18-4)7-9-16-8-6-11(2)12(3)10-16/h11-13,15H,5-10H2,1-4H3. The number of likely N-dealkylation sites (tertiary alicyclic amines) is 1. The molecule has 0 aliphatic carbocycles. The molecule has 1 rings (SSSR count). The highest BCUT2D eigenvalue weighted by molar-refractivity contribution is 5.75. The number of methoxy groups -OCH3 is 1. The fourth-order valence-corrected chi connectivity index (χ4v) is 2.56. The maximum Gasteiger partial charge on any atom is 0.322 e. The molecule has 0 aromatic carbocycles. The van der Waals surface area contributed by atoms with E-state index in [-0.39, 0.29) is 12.0 Å². The van der Waals surface area contributed by atoms with Crippen LogP contribution in [0, 0.1) is 11.8 Å². The molecule has 0 radical (unpaired) electrons. The van der Waals surface area contributed by atoms with Crippen LogP contribution in [0.2, 0.25) is 0 Å². The summed E-state index contributed by atoms with van der Waals surface area (Å²) in [4.78, 5) is 14.1. The monoisotopic (exact) mass is 256 g/mol. The lowest BCUT2D eigenvalue weighted by molar-refractivity contribution is -0.143. The van der Waals surface area contributed by atoms with Gasteiger partial charge in [-0.1, -0.05) is 20.8 Å². The predicted octanol–water partition coefficient (Wildman–Crippen LogP) is 1.51. The lowest BCUT2D eigenvalue weighted by Gasteiger charge is -2.35. The Morgan fingerprint density at radius 3 is 2.72 bits per heavy atom. The third-order valence-corrected chi connectivity index (χ3v) is 4.09. The minimum atomic E-state index is -0.158. The molecule has 1 heterocycles. The number of hydrogen-bond donors (Lipinski definition) is 1. The molecule has 0 bridgehead atoms. The molecule has 1 fully saturated rings. The number of carbonyl (C=O) groups is 1. The Morgan fingerprint density at radius 2 is 2.17 bits per heavy atom. The van der Waals surface area contributed by atoms with Crippen LogP contribution in [0.5, 0.6) is 0 Å². The van der Waals surface area contributed by atoms with Gasteiger partial charge in [-0.2, -0.15) is 0 Å². The first-order chi connectivity index (χ1) is 8.58. The highest BCUT2D eigenvalue weighted by atomic mass is 16.5. The molecular weight excluding hydrogens is 228 g/mol. The number of ether oxygens (including phenoxy) is 1. The van der Waals surface area contributed by atoms with E-state index in [1.54, 1.807) is 0 Å². The van der Waals surface area contributed by atoms with Crippen molar-refractivity contribution in [3.63, 3.8) is 0 Å². The normalized spacial score (nSPS) is 26.9. The van der Waals surface area contributed by atoms with Crippen LogP contribution in [0.3, 0.4) is 0 Å². The Balaban J connectivity index is 2.35. The van der Waals surface area contributed by atoms with E-state index in [0.29, 0.717) is 0 Å². The zero-order chi connectivity index (χ0) is 13.5. The van der Waals surface area contributed by atoms with Crippen LogP contribution in [-0.4, -0.2) is 50.2 Å². The molecule has 1 aliphatic heterocycles. The highest BCUT2D eigenvalue weighted by Gasteiger charge is 2.24. The van der Waals surface area contributed by atoms with Gasteiger partial charge < -0.3 is 15.0 Å². The minimum Gasteiger partial charge on any atom is -0.468 e. The van der Waals surface area contributed by atoms with Crippen molar-refractivity contribution in [1.82, 2.24) is 10.2 Å². The number of nitrogens with one attached hydrogen (secondary N) is 1. The van der Waals surface area contributed by atoms with Crippen molar-refractivity contribution >= 4 is 5.97 Å². The van der Waals surface area contributed by atoms with Crippen LogP contribution in [0.4, 0.5) is 0 Å². The van der Waals surface area contributed by atoms with Crippen LogP contribution in [0.15, 0.2) is 0 Å². The summed E-state index contributed by atoms with van der Waals surface area (Å²) in [5.41, 5.74) is 0. The lowest BCUT2D eigenvalue weighted by atomic mass is 9.88. The Labute approximate surface area is 111 Å². The van der Waals surface area contributed by atoms with Gasteiger partial charge in [-0.3, -0.25) is 4.79 Å². The number of nitrogens with zero attached hydrogens (tertiary/aromatic N) is 1. The summed E-state index contributed by atoms with van der Waals surface area (Å²) >= 11 is 0. The Bertz CT molecular complexity index is 258. The molecule has 1 aliphatic rings. The molecule has 0 spiro atoms. The van der Waals surface area contributed by atoms with E-state index in [9.17, 15) is 4.79 Å². The molecule has 3 unspecified atom stereocenters. The van der Waals surface area contributed by atoms with E-state index in [1.165, 1.54) is 13.5 Å². The smallest absolute Gasteiger partial charge is 0.322 e. The molecule has 0 amide bonds. The van der Waals surface area contributed by atoms with Crippen molar-refractivity contribution in [2.45, 2.75) is 39.7 Å². The third kappa shape index (κ3) is 4.58. The fourth-order valence-electron chi connectivity index (χ4n) is 2.56. The first-order valence-corrected chi connectivity index (χ1v) is 7.12. The van der Waals surface area contributed by atoms with Crippen molar-refractivity contribution in [2.75, 3.05) is 33.3 Å². The van der Waals surface area contributed by atoms with E-state index >= 15 is 0 Å². The van der Waals surface area contributed by atoms with Gasteiger partial charge >= 0.3 is 5.97 Å². The molecule has 106 valence electrons. The quantitative estimate of drug-likeness (QED) is 0.731. The molecule has 0 saturated carbocycles. The van der Waals surface area contributed by atoms with Crippen molar-refractivity contribution in [3.05, 3.63) is 0 Å². The van der Waals surface area contributed by atoms with Gasteiger partial charge in [0.1, 0.15) is 6.04 Å². The number of rotatable bonds is 6. The average molecular weight is 256 g/mol. The van der Waals surface area contributed by atoms with Crippen LogP contribution in [0.1, 0.15) is 33.6 Å². The number of hydrogen-bond acceptors (Lipinski definition) is 4. The second kappa shape index (κ2) is 7.74. The van der Waals surface area contributed by atoms with E-state index in [2.05, 4.69) is 24.1 Å². The van der Waals surface area contributed by atoms with E-state index < -0.39 is 0 Å². The Kier molecular flexibility index (Phi) is 6.65. The summed E-state index contributed by atoms with van der Waals surface area (Å²) in [5, 5.41) is 3.19. The Morgan fingerprint density at radius 1 is 1.44 bits per heavy atom. The van der Waals surface area contributed by atoms with Crippen molar-refractivity contribution in [1.29, 1.82) is 0 Å². The molecule has 3 atom stereocenters. The van der Waals surface area contributed by atoms with Gasteiger partial charge in [-0.05, 0) is 37.8 Å². The molecule has 0 aromatic heterocycles. The summed E-state index contributed by atoms with van der Waals surface area (Å²) in [6, 6.07) is -0.158. The maximum atomic E-state index is 11.6. The fraction of sp³-hybridized carbons (Fsp3) is 0.929. The zero-order valence-corrected chi connectivity index (χ0v) is 12.2. The van der Waals surface area contributed by atoms with E-state index in [4.69, 9.17) is 4.74 Å². The molecule has 0 aromatic rings. The number of carbonyl (C=O) groups excluding carboxylic acids is 1. The highest BCUT2D eigenvalue weighted by Crippen LogP contribution is 2.22. The first kappa shape index (κ1) is 15.4. The molecule has 1 saturated heterocycles. The van der Waals surface area contributed by atoms with Crippen molar-refractivity contribution in [3.8, 4) is 0 Å². The van der Waals surface area contributed by atoms with E-state index in [1.807, 2.05) is 6.92 Å². The van der Waals surface area contributed by atoms with Crippen molar-refractivity contribution < 1.29 is 9.53 Å². The molecular formula is C14H28N2O2. The summed E-state index contributed by atoms with van der Waals surface area (Å²) in [6.07, 6.45) is 2.10. The van der Waals surface area contributed by atoms with Crippen molar-refractivity contribution in [2.24, 2.45) is 11.8 Å². The minimum absolute atomic E-state index is 0.143. The zero-order valence-electron chi connectivity index (χ0n) is 12.2. The van der Waals surface area contributed by atoms with Gasteiger partial charge in [0.15, 0.2) is 0 Å². The maximum absolute atomic E-state index is 11.6. The third-order valence-electron chi connectivity index (χ3n) is 4.09. The largest absolute Gasteiger partial charge is 0.468 e. The summed E-state index contributed by atoms with van der Waals surface area (Å²) in [5.74, 6) is 1.44. The average Bonchev–Trinajstić information content (AvgIpc) is 2.37. The van der Waals surface area contributed by atoms with Crippen LogP contribution in [0.25, 0.3) is 0 Å². The summed E-state index contributed by atoms with van der Waals surface area (Å²) < 4.78 is 4.82. The molecule has 4 nitrogen and oxygen atoms in total. The van der Waals surface area contributed by atoms with Crippen LogP contribution in [-0.2, 0) is 9.53 Å².